The quantitative estimate of drug-likeness (QED) is 0.782. The lowest BCUT2D eigenvalue weighted by atomic mass is 9.78. The number of nitrogens with two attached hydrogens (primary N) is 1. The van der Waals surface area contributed by atoms with E-state index in [0.717, 1.165) is 63.5 Å². The van der Waals surface area contributed by atoms with Gasteiger partial charge < -0.3 is 25.0 Å². The molecule has 2 aromatic heterocycles. The van der Waals surface area contributed by atoms with Gasteiger partial charge in [0.15, 0.2) is 5.82 Å². The maximum absolute atomic E-state index is 5.98. The fraction of sp³-hybridized carbons (Fsp3) is 0.632. The highest BCUT2D eigenvalue weighted by Gasteiger charge is 2.50. The Labute approximate surface area is 168 Å². The lowest BCUT2D eigenvalue weighted by molar-refractivity contribution is -0.127. The summed E-state index contributed by atoms with van der Waals surface area (Å²) in [5.41, 5.74) is 7.56. The molecule has 0 aromatic carbocycles. The van der Waals surface area contributed by atoms with E-state index in [-0.39, 0.29) is 23.6 Å². The second kappa shape index (κ2) is 6.20. The molecule has 2 N–H and O–H groups in total. The van der Waals surface area contributed by atoms with Crippen molar-refractivity contribution in [1.82, 2.24) is 24.9 Å². The summed E-state index contributed by atoms with van der Waals surface area (Å²) in [4.78, 5) is 27.3. The molecule has 0 amide bonds. The normalized spacial score (nSPS) is 27.1. The molecule has 2 bridgehead atoms. The molecular formula is C19H24N8O2. The van der Waals surface area contributed by atoms with Crippen LogP contribution in [0.25, 0.3) is 11.4 Å². The van der Waals surface area contributed by atoms with Crippen LogP contribution in [0.2, 0.25) is 0 Å². The van der Waals surface area contributed by atoms with E-state index in [1.807, 2.05) is 6.92 Å². The van der Waals surface area contributed by atoms with Crippen LogP contribution in [0.1, 0.15) is 18.5 Å². The first-order valence-electron chi connectivity index (χ1n) is 10.2. The maximum Gasteiger partial charge on any atom is 0.230 e. The number of rotatable bonds is 3. The van der Waals surface area contributed by atoms with Gasteiger partial charge in [0.1, 0.15) is 0 Å². The Bertz CT molecular complexity index is 945. The molecule has 4 aliphatic heterocycles. The van der Waals surface area contributed by atoms with Crippen molar-refractivity contribution in [3.8, 4) is 11.4 Å². The van der Waals surface area contributed by atoms with Crippen LogP contribution >= 0.6 is 0 Å². The minimum absolute atomic E-state index is 0.250. The molecular weight excluding hydrogens is 372 g/mol. The molecule has 2 aromatic rings. The van der Waals surface area contributed by atoms with E-state index in [9.17, 15) is 0 Å². The van der Waals surface area contributed by atoms with Gasteiger partial charge in [-0.2, -0.15) is 15.0 Å². The smallest absolute Gasteiger partial charge is 0.230 e. The third kappa shape index (κ3) is 2.89. The minimum Gasteiger partial charge on any atom is -0.380 e. The first-order chi connectivity index (χ1) is 14.1. The van der Waals surface area contributed by atoms with Gasteiger partial charge in [0.25, 0.3) is 0 Å². The summed E-state index contributed by atoms with van der Waals surface area (Å²) in [6.45, 7) is 7.01. The van der Waals surface area contributed by atoms with Crippen molar-refractivity contribution in [1.29, 1.82) is 0 Å². The lowest BCUT2D eigenvalue weighted by Gasteiger charge is -2.54. The van der Waals surface area contributed by atoms with Gasteiger partial charge in [-0.1, -0.05) is 0 Å². The first kappa shape index (κ1) is 17.3. The molecule has 0 radical (unpaired) electrons. The summed E-state index contributed by atoms with van der Waals surface area (Å²) in [5, 5.41) is 0. The first-order valence-corrected chi connectivity index (χ1v) is 10.2. The van der Waals surface area contributed by atoms with E-state index in [2.05, 4.69) is 19.8 Å². The highest BCUT2D eigenvalue weighted by atomic mass is 16.5. The van der Waals surface area contributed by atoms with Crippen LogP contribution in [0, 0.1) is 12.3 Å². The molecule has 2 unspecified atom stereocenters. The number of aromatic nitrogens is 5. The monoisotopic (exact) mass is 396 g/mol. The van der Waals surface area contributed by atoms with Crippen LogP contribution in [0.15, 0.2) is 6.20 Å². The van der Waals surface area contributed by atoms with Crippen LogP contribution in [-0.4, -0.2) is 76.5 Å². The maximum atomic E-state index is 5.98. The zero-order valence-corrected chi connectivity index (χ0v) is 16.4. The summed E-state index contributed by atoms with van der Waals surface area (Å²) >= 11 is 0. The third-order valence-corrected chi connectivity index (χ3v) is 6.33. The van der Waals surface area contributed by atoms with E-state index < -0.39 is 0 Å². The van der Waals surface area contributed by atoms with Gasteiger partial charge in [-0.25, -0.2) is 9.97 Å². The molecule has 4 fully saturated rings. The number of nitrogens with zero attached hydrogens (tertiary/aromatic N) is 7. The molecule has 4 saturated heterocycles. The lowest BCUT2D eigenvalue weighted by Crippen LogP contribution is -2.66. The number of fused-ring (bicyclic) bond motifs is 2. The van der Waals surface area contributed by atoms with E-state index in [4.69, 9.17) is 30.2 Å². The molecule has 0 saturated carbocycles. The summed E-state index contributed by atoms with van der Waals surface area (Å²) in [5.74, 6) is 2.25. The van der Waals surface area contributed by atoms with Gasteiger partial charge >= 0.3 is 0 Å². The molecule has 2 atom stereocenters. The molecule has 10 nitrogen and oxygen atoms in total. The zero-order valence-electron chi connectivity index (χ0n) is 16.4. The van der Waals surface area contributed by atoms with Crippen molar-refractivity contribution < 1.29 is 9.47 Å². The predicted molar refractivity (Wildman–Crippen MR) is 106 cm³/mol. The van der Waals surface area contributed by atoms with E-state index in [1.165, 1.54) is 0 Å². The molecule has 4 aliphatic rings. The largest absolute Gasteiger partial charge is 0.380 e. The number of ether oxygens (including phenoxy) is 2. The number of morpholine rings is 1. The molecule has 152 valence electrons. The van der Waals surface area contributed by atoms with Crippen molar-refractivity contribution in [3.05, 3.63) is 11.9 Å². The van der Waals surface area contributed by atoms with Gasteiger partial charge in [0.05, 0.1) is 42.1 Å². The molecule has 6 heterocycles. The summed E-state index contributed by atoms with van der Waals surface area (Å²) in [7, 11) is 0. The Morgan fingerprint density at radius 2 is 1.69 bits per heavy atom. The topological polar surface area (TPSA) is 115 Å². The predicted octanol–water partition coefficient (Wildman–Crippen LogP) is 0.423. The second-order valence-corrected chi connectivity index (χ2v) is 8.70. The van der Waals surface area contributed by atoms with Gasteiger partial charge in [0, 0.05) is 32.4 Å². The van der Waals surface area contributed by atoms with Crippen molar-refractivity contribution >= 4 is 17.8 Å². The van der Waals surface area contributed by atoms with Crippen LogP contribution < -0.4 is 15.5 Å². The summed E-state index contributed by atoms with van der Waals surface area (Å²) < 4.78 is 11.4. The Morgan fingerprint density at radius 1 is 1.00 bits per heavy atom. The van der Waals surface area contributed by atoms with E-state index in [1.54, 1.807) is 6.20 Å². The zero-order chi connectivity index (χ0) is 19.6. The van der Waals surface area contributed by atoms with Crippen LogP contribution in [0.4, 0.5) is 17.8 Å². The van der Waals surface area contributed by atoms with E-state index in [0.29, 0.717) is 17.7 Å². The van der Waals surface area contributed by atoms with E-state index >= 15 is 0 Å². The van der Waals surface area contributed by atoms with Crippen molar-refractivity contribution in [3.63, 3.8) is 0 Å². The number of nitrogen functional groups attached to an aromatic ring is 1. The fourth-order valence-electron chi connectivity index (χ4n) is 4.72. The summed E-state index contributed by atoms with van der Waals surface area (Å²) in [6, 6.07) is 0. The highest BCUT2D eigenvalue weighted by molar-refractivity contribution is 5.61. The Morgan fingerprint density at radius 3 is 2.31 bits per heavy atom. The van der Waals surface area contributed by atoms with Crippen LogP contribution in [0.5, 0.6) is 0 Å². The molecule has 29 heavy (non-hydrogen) atoms. The van der Waals surface area contributed by atoms with Gasteiger partial charge in [-0.15, -0.1) is 0 Å². The van der Waals surface area contributed by atoms with Crippen molar-refractivity contribution in [2.75, 3.05) is 54.9 Å². The molecule has 1 spiro atoms. The number of hydrogen-bond donors (Lipinski definition) is 1. The van der Waals surface area contributed by atoms with Crippen LogP contribution in [0.3, 0.4) is 0 Å². The van der Waals surface area contributed by atoms with Crippen LogP contribution in [-0.2, 0) is 9.47 Å². The third-order valence-electron chi connectivity index (χ3n) is 6.33. The molecule has 0 aliphatic carbocycles. The Balaban J connectivity index is 1.38. The molecule has 6 rings (SSSR count). The summed E-state index contributed by atoms with van der Waals surface area (Å²) in [6.07, 6.45) is 4.43. The van der Waals surface area contributed by atoms with Crippen molar-refractivity contribution in [2.45, 2.75) is 32.0 Å². The average Bonchev–Trinajstić information content (AvgIpc) is 2.97. The average molecular weight is 396 g/mol. The van der Waals surface area contributed by atoms with Gasteiger partial charge in [0.2, 0.25) is 17.8 Å². The number of hydrogen-bond acceptors (Lipinski definition) is 10. The number of aryl methyl sites for hydroxylation is 1. The van der Waals surface area contributed by atoms with Gasteiger partial charge in [-0.3, -0.25) is 0 Å². The Kier molecular flexibility index (Phi) is 3.70. The van der Waals surface area contributed by atoms with Crippen molar-refractivity contribution in [2.24, 2.45) is 5.41 Å². The SMILES string of the molecule is Cc1nc(N)ncc1-c1nc(N2CC3CCC(C2)O3)nc(N2CC3(COC3)C2)n1. The fourth-order valence-corrected chi connectivity index (χ4v) is 4.72. The minimum atomic E-state index is 0.250. The standard InChI is InChI=1S/C19H24N8O2/c1-11-14(4-21-16(20)22-11)15-23-17(26-5-12-2-3-13(6-26)29-12)25-18(24-15)27-7-19(8-27)9-28-10-19/h4,12-13H,2-3,5-10H2,1H3,(H2,20,21,22). The Hall–Kier alpha value is -2.59. The molecule has 10 heteroatoms. The van der Waals surface area contributed by atoms with Gasteiger partial charge in [-0.05, 0) is 19.8 Å². The number of anilines is 3. The second-order valence-electron chi connectivity index (χ2n) is 8.70. The highest BCUT2D eigenvalue weighted by Crippen LogP contribution is 2.40.